The molecule has 4 nitrogen and oxygen atoms in total. The van der Waals surface area contributed by atoms with Gasteiger partial charge in [0.15, 0.2) is 0 Å². The van der Waals surface area contributed by atoms with Crippen molar-refractivity contribution >= 4 is 21.4 Å². The highest BCUT2D eigenvalue weighted by Crippen LogP contribution is 2.23. The number of benzene rings is 2. The van der Waals surface area contributed by atoms with Gasteiger partial charge in [-0.1, -0.05) is 19.1 Å². The monoisotopic (exact) mass is 294 g/mol. The zero-order chi connectivity index (χ0) is 14.8. The Labute approximate surface area is 117 Å². The van der Waals surface area contributed by atoms with Crippen molar-refractivity contribution in [2.24, 2.45) is 0 Å². The predicted octanol–water partition coefficient (Wildman–Crippen LogP) is 2.77. The van der Waals surface area contributed by atoms with E-state index in [0.717, 1.165) is 18.1 Å². The highest BCUT2D eigenvalue weighted by Gasteiger charge is 2.15. The summed E-state index contributed by atoms with van der Waals surface area (Å²) >= 11 is 0. The number of hydrogen-bond acceptors (Lipinski definition) is 3. The second kappa shape index (κ2) is 5.50. The van der Waals surface area contributed by atoms with Gasteiger partial charge in [-0.3, -0.25) is 4.72 Å². The van der Waals surface area contributed by atoms with Crippen LogP contribution in [0.15, 0.2) is 47.4 Å². The van der Waals surface area contributed by atoms with Gasteiger partial charge in [0.1, 0.15) is 5.82 Å². The summed E-state index contributed by atoms with van der Waals surface area (Å²) in [6.07, 6.45) is 0.824. The number of rotatable bonds is 4. The van der Waals surface area contributed by atoms with E-state index in [-0.39, 0.29) is 16.3 Å². The highest BCUT2D eigenvalue weighted by molar-refractivity contribution is 7.92. The first-order valence-corrected chi connectivity index (χ1v) is 7.57. The van der Waals surface area contributed by atoms with Crippen LogP contribution in [0.1, 0.15) is 12.5 Å². The lowest BCUT2D eigenvalue weighted by atomic mass is 10.2. The topological polar surface area (TPSA) is 72.2 Å². The third-order valence-corrected chi connectivity index (χ3v) is 4.28. The van der Waals surface area contributed by atoms with Crippen LogP contribution in [0.4, 0.5) is 15.8 Å². The van der Waals surface area contributed by atoms with Gasteiger partial charge in [0.25, 0.3) is 10.0 Å². The van der Waals surface area contributed by atoms with Gasteiger partial charge in [-0.25, -0.2) is 12.8 Å². The van der Waals surface area contributed by atoms with Crippen LogP contribution in [0, 0.1) is 5.82 Å². The summed E-state index contributed by atoms with van der Waals surface area (Å²) in [5, 5.41) is 0. The van der Waals surface area contributed by atoms with Gasteiger partial charge in [-0.15, -0.1) is 0 Å². The third kappa shape index (κ3) is 3.08. The molecular weight excluding hydrogens is 279 g/mol. The Morgan fingerprint density at radius 3 is 2.40 bits per heavy atom. The summed E-state index contributed by atoms with van der Waals surface area (Å²) in [6, 6.07) is 10.0. The molecular formula is C14H15FN2O2S. The van der Waals surface area contributed by atoms with Crippen LogP contribution in [0.2, 0.25) is 0 Å². The molecule has 3 N–H and O–H groups in total. The summed E-state index contributed by atoms with van der Waals surface area (Å²) in [5.41, 5.74) is 6.86. The Balaban J connectivity index is 2.32. The molecule has 0 aliphatic rings. The number of halogens is 1. The minimum atomic E-state index is -3.77. The molecule has 0 spiro atoms. The number of anilines is 2. The number of nitrogens with one attached hydrogen (secondary N) is 1. The maximum Gasteiger partial charge on any atom is 0.261 e. The second-order valence-electron chi connectivity index (χ2n) is 4.33. The van der Waals surface area contributed by atoms with Crippen LogP contribution in [0.5, 0.6) is 0 Å². The van der Waals surface area contributed by atoms with Gasteiger partial charge in [0.2, 0.25) is 0 Å². The summed E-state index contributed by atoms with van der Waals surface area (Å²) in [7, 11) is -3.77. The zero-order valence-electron chi connectivity index (χ0n) is 10.9. The minimum Gasteiger partial charge on any atom is -0.397 e. The van der Waals surface area contributed by atoms with Crippen LogP contribution >= 0.6 is 0 Å². The van der Waals surface area contributed by atoms with Gasteiger partial charge in [-0.05, 0) is 36.2 Å². The summed E-state index contributed by atoms with van der Waals surface area (Å²) < 4.78 is 39.8. The van der Waals surface area contributed by atoms with Gasteiger partial charge in [0.05, 0.1) is 16.3 Å². The quantitative estimate of drug-likeness (QED) is 0.852. The van der Waals surface area contributed by atoms with Crippen molar-refractivity contribution in [3.63, 3.8) is 0 Å². The first-order valence-electron chi connectivity index (χ1n) is 6.09. The molecule has 0 saturated carbocycles. The molecule has 0 aromatic heterocycles. The molecule has 0 fully saturated rings. The van der Waals surface area contributed by atoms with Crippen molar-refractivity contribution in [1.82, 2.24) is 0 Å². The molecule has 0 amide bonds. The lowest BCUT2D eigenvalue weighted by molar-refractivity contribution is 0.601. The first-order chi connectivity index (χ1) is 9.42. The Kier molecular flexibility index (Phi) is 3.94. The van der Waals surface area contributed by atoms with E-state index in [9.17, 15) is 12.8 Å². The summed E-state index contributed by atoms with van der Waals surface area (Å²) in [4.78, 5) is 0.110. The van der Waals surface area contributed by atoms with E-state index in [1.165, 1.54) is 24.3 Å². The number of sulfonamides is 1. The fraction of sp³-hybridized carbons (Fsp3) is 0.143. The molecule has 0 aliphatic heterocycles. The van der Waals surface area contributed by atoms with E-state index < -0.39 is 15.8 Å². The molecule has 0 atom stereocenters. The summed E-state index contributed by atoms with van der Waals surface area (Å²) in [5.74, 6) is -0.557. The standard InChI is InChI=1S/C14H15FN2O2S/c1-2-10-3-6-12(7-4-10)20(18,19)17-14-9-11(15)5-8-13(14)16/h3-9,17H,2,16H2,1H3. The number of aryl methyl sites for hydroxylation is 1. The van der Waals surface area contributed by atoms with Crippen LogP contribution in [0.3, 0.4) is 0 Å². The van der Waals surface area contributed by atoms with Crippen molar-refractivity contribution in [2.75, 3.05) is 10.5 Å². The van der Waals surface area contributed by atoms with Gasteiger partial charge < -0.3 is 5.73 Å². The minimum absolute atomic E-state index is 0.0320. The van der Waals surface area contributed by atoms with Crippen molar-refractivity contribution in [3.05, 3.63) is 53.8 Å². The van der Waals surface area contributed by atoms with E-state index in [2.05, 4.69) is 4.72 Å². The van der Waals surface area contributed by atoms with Crippen molar-refractivity contribution in [2.45, 2.75) is 18.2 Å². The fourth-order valence-electron chi connectivity index (χ4n) is 1.72. The average Bonchev–Trinajstić information content (AvgIpc) is 2.43. The number of nitrogens with two attached hydrogens (primary N) is 1. The maximum atomic E-state index is 13.1. The molecule has 2 rings (SSSR count). The molecule has 2 aromatic carbocycles. The van der Waals surface area contributed by atoms with Crippen LogP contribution in [-0.2, 0) is 16.4 Å². The van der Waals surface area contributed by atoms with E-state index in [4.69, 9.17) is 5.73 Å². The van der Waals surface area contributed by atoms with Crippen molar-refractivity contribution in [1.29, 1.82) is 0 Å². The number of hydrogen-bond donors (Lipinski definition) is 2. The van der Waals surface area contributed by atoms with Gasteiger partial charge in [0, 0.05) is 6.07 Å². The van der Waals surface area contributed by atoms with Crippen LogP contribution < -0.4 is 10.5 Å². The molecule has 0 aliphatic carbocycles. The molecule has 0 radical (unpaired) electrons. The molecule has 2 aromatic rings. The SMILES string of the molecule is CCc1ccc(S(=O)(=O)Nc2cc(F)ccc2N)cc1. The largest absolute Gasteiger partial charge is 0.397 e. The summed E-state index contributed by atoms with van der Waals surface area (Å²) in [6.45, 7) is 1.98. The Hall–Kier alpha value is -2.08. The molecule has 20 heavy (non-hydrogen) atoms. The molecule has 0 unspecified atom stereocenters. The lowest BCUT2D eigenvalue weighted by Gasteiger charge is -2.10. The number of nitrogen functional groups attached to an aromatic ring is 1. The van der Waals surface area contributed by atoms with E-state index in [1.807, 2.05) is 6.92 Å². The van der Waals surface area contributed by atoms with Crippen LogP contribution in [0.25, 0.3) is 0 Å². The highest BCUT2D eigenvalue weighted by atomic mass is 32.2. The van der Waals surface area contributed by atoms with Crippen molar-refractivity contribution in [3.8, 4) is 0 Å². The van der Waals surface area contributed by atoms with Crippen LogP contribution in [-0.4, -0.2) is 8.42 Å². The maximum absolute atomic E-state index is 13.1. The van der Waals surface area contributed by atoms with E-state index in [1.54, 1.807) is 12.1 Å². The normalized spacial score (nSPS) is 11.3. The third-order valence-electron chi connectivity index (χ3n) is 2.90. The molecule has 0 saturated heterocycles. The smallest absolute Gasteiger partial charge is 0.261 e. The molecule has 106 valence electrons. The predicted molar refractivity (Wildman–Crippen MR) is 77.4 cm³/mol. The van der Waals surface area contributed by atoms with E-state index >= 15 is 0 Å². The lowest BCUT2D eigenvalue weighted by Crippen LogP contribution is -2.14. The Morgan fingerprint density at radius 1 is 1.15 bits per heavy atom. The first kappa shape index (κ1) is 14.3. The molecule has 6 heteroatoms. The van der Waals surface area contributed by atoms with Gasteiger partial charge in [-0.2, -0.15) is 0 Å². The Morgan fingerprint density at radius 2 is 1.80 bits per heavy atom. The second-order valence-corrected chi connectivity index (χ2v) is 6.02. The molecule has 0 heterocycles. The fourth-order valence-corrected chi connectivity index (χ4v) is 2.80. The van der Waals surface area contributed by atoms with Crippen molar-refractivity contribution < 1.29 is 12.8 Å². The average molecular weight is 294 g/mol. The van der Waals surface area contributed by atoms with Gasteiger partial charge >= 0.3 is 0 Å². The van der Waals surface area contributed by atoms with E-state index in [0.29, 0.717) is 0 Å². The molecule has 0 bridgehead atoms. The Bertz CT molecular complexity index is 712. The zero-order valence-corrected chi connectivity index (χ0v) is 11.7.